The van der Waals surface area contributed by atoms with Crippen molar-refractivity contribution in [3.8, 4) is 5.75 Å². The van der Waals surface area contributed by atoms with Gasteiger partial charge in [0.15, 0.2) is 17.4 Å². The largest absolute Gasteiger partial charge is 0.488 e. The van der Waals surface area contributed by atoms with Crippen LogP contribution in [-0.4, -0.2) is 37.6 Å². The van der Waals surface area contributed by atoms with Crippen molar-refractivity contribution in [2.24, 2.45) is 5.73 Å². The van der Waals surface area contributed by atoms with Crippen molar-refractivity contribution >= 4 is 5.91 Å². The number of amides is 1. The second-order valence-corrected chi connectivity index (χ2v) is 5.31. The number of hydrogen-bond donors (Lipinski definition) is 1. The number of carbonyl (C=O) groups excluding carboxylic acids is 1. The van der Waals surface area contributed by atoms with Gasteiger partial charge in [0.2, 0.25) is 5.91 Å². The average molecular weight is 300 g/mol. The molecule has 0 aliphatic heterocycles. The minimum absolute atomic E-state index is 0.0492. The molecule has 0 aromatic heterocycles. The number of ether oxygens (including phenoxy) is 1. The summed E-state index contributed by atoms with van der Waals surface area (Å²) in [4.78, 5) is 12.8. The first-order chi connectivity index (χ1) is 9.81. The Bertz CT molecular complexity index is 468. The summed E-state index contributed by atoms with van der Waals surface area (Å²) in [6, 6.07) is 2.28. The molecule has 0 saturated carbocycles. The lowest BCUT2D eigenvalue weighted by atomic mass is 10.1. The van der Waals surface area contributed by atoms with Gasteiger partial charge in [-0.05, 0) is 37.5 Å². The van der Waals surface area contributed by atoms with Crippen LogP contribution in [0.15, 0.2) is 12.1 Å². The van der Waals surface area contributed by atoms with E-state index < -0.39 is 17.4 Å². The predicted molar refractivity (Wildman–Crippen MR) is 77.1 cm³/mol. The van der Waals surface area contributed by atoms with E-state index in [1.54, 1.807) is 21.0 Å². The van der Waals surface area contributed by atoms with E-state index in [0.717, 1.165) is 0 Å². The third-order valence-corrected chi connectivity index (χ3v) is 2.90. The molecule has 21 heavy (non-hydrogen) atoms. The van der Waals surface area contributed by atoms with Gasteiger partial charge in [-0.3, -0.25) is 4.79 Å². The Balaban J connectivity index is 2.58. The standard InChI is InChI=1S/C15H22F2N2O2/c1-10(18)7-11-8-12(16)15(13(17)9-11)21-6-4-5-14(20)19(2)3/h8-10H,4-7,18H2,1-3H3. The molecule has 1 amide bonds. The maximum absolute atomic E-state index is 13.8. The first-order valence-electron chi connectivity index (χ1n) is 6.87. The Morgan fingerprint density at radius 3 is 2.38 bits per heavy atom. The molecule has 0 aliphatic carbocycles. The quantitative estimate of drug-likeness (QED) is 0.785. The highest BCUT2D eigenvalue weighted by molar-refractivity contribution is 5.75. The Morgan fingerprint density at radius 1 is 1.33 bits per heavy atom. The minimum Gasteiger partial charge on any atom is -0.488 e. The first kappa shape index (κ1) is 17.4. The molecule has 0 heterocycles. The number of nitrogens with zero attached hydrogens (tertiary/aromatic N) is 1. The van der Waals surface area contributed by atoms with Gasteiger partial charge in [-0.25, -0.2) is 8.78 Å². The van der Waals surface area contributed by atoms with Gasteiger partial charge in [0.05, 0.1) is 6.61 Å². The van der Waals surface area contributed by atoms with Crippen LogP contribution in [-0.2, 0) is 11.2 Å². The molecule has 1 rings (SSSR count). The highest BCUT2D eigenvalue weighted by Crippen LogP contribution is 2.24. The highest BCUT2D eigenvalue weighted by Gasteiger charge is 2.14. The zero-order valence-electron chi connectivity index (χ0n) is 12.7. The summed E-state index contributed by atoms with van der Waals surface area (Å²) in [6.45, 7) is 1.85. The van der Waals surface area contributed by atoms with Crippen LogP contribution in [0.4, 0.5) is 8.78 Å². The number of hydrogen-bond acceptors (Lipinski definition) is 3. The normalized spacial score (nSPS) is 12.1. The molecule has 0 aliphatic rings. The van der Waals surface area contributed by atoms with Crippen LogP contribution in [0.25, 0.3) is 0 Å². The fourth-order valence-corrected chi connectivity index (χ4v) is 1.86. The molecule has 4 nitrogen and oxygen atoms in total. The van der Waals surface area contributed by atoms with Gasteiger partial charge >= 0.3 is 0 Å². The van der Waals surface area contributed by atoms with Gasteiger partial charge in [-0.1, -0.05) is 0 Å². The summed E-state index contributed by atoms with van der Waals surface area (Å²) in [5.74, 6) is -1.94. The van der Waals surface area contributed by atoms with Crippen molar-refractivity contribution in [1.82, 2.24) is 4.90 Å². The smallest absolute Gasteiger partial charge is 0.222 e. The van der Waals surface area contributed by atoms with E-state index in [-0.39, 0.29) is 25.0 Å². The summed E-state index contributed by atoms with van der Waals surface area (Å²) in [5, 5.41) is 0. The molecule has 0 spiro atoms. The molecular weight excluding hydrogens is 278 g/mol. The highest BCUT2D eigenvalue weighted by atomic mass is 19.1. The lowest BCUT2D eigenvalue weighted by Crippen LogP contribution is -2.21. The maximum Gasteiger partial charge on any atom is 0.222 e. The molecule has 1 atom stereocenters. The third kappa shape index (κ3) is 5.67. The Hall–Kier alpha value is -1.69. The van der Waals surface area contributed by atoms with E-state index in [1.165, 1.54) is 17.0 Å². The van der Waals surface area contributed by atoms with Gasteiger partial charge in [0, 0.05) is 26.6 Å². The van der Waals surface area contributed by atoms with Crippen LogP contribution < -0.4 is 10.5 Å². The van der Waals surface area contributed by atoms with E-state index in [0.29, 0.717) is 18.4 Å². The number of halogens is 2. The summed E-state index contributed by atoms with van der Waals surface area (Å²) >= 11 is 0. The van der Waals surface area contributed by atoms with Crippen molar-refractivity contribution in [3.05, 3.63) is 29.3 Å². The van der Waals surface area contributed by atoms with Gasteiger partial charge < -0.3 is 15.4 Å². The molecule has 2 N–H and O–H groups in total. The van der Waals surface area contributed by atoms with Crippen LogP contribution >= 0.6 is 0 Å². The van der Waals surface area contributed by atoms with Gasteiger partial charge in [-0.15, -0.1) is 0 Å². The minimum atomic E-state index is -0.746. The number of nitrogens with two attached hydrogens (primary N) is 1. The van der Waals surface area contributed by atoms with Crippen LogP contribution in [0.3, 0.4) is 0 Å². The van der Waals surface area contributed by atoms with Crippen LogP contribution in [0.5, 0.6) is 5.75 Å². The zero-order chi connectivity index (χ0) is 16.0. The van der Waals surface area contributed by atoms with E-state index >= 15 is 0 Å². The van der Waals surface area contributed by atoms with Crippen LogP contribution in [0, 0.1) is 11.6 Å². The number of rotatable bonds is 7. The third-order valence-electron chi connectivity index (χ3n) is 2.90. The lowest BCUT2D eigenvalue weighted by Gasteiger charge is -2.12. The molecule has 6 heteroatoms. The summed E-state index contributed by atoms with van der Waals surface area (Å²) in [5.41, 5.74) is 6.10. The van der Waals surface area contributed by atoms with Gasteiger partial charge in [-0.2, -0.15) is 0 Å². The van der Waals surface area contributed by atoms with Crippen molar-refractivity contribution in [2.45, 2.75) is 32.2 Å². The van der Waals surface area contributed by atoms with Crippen LogP contribution in [0.1, 0.15) is 25.3 Å². The SMILES string of the molecule is CC(N)Cc1cc(F)c(OCCCC(=O)N(C)C)c(F)c1. The fraction of sp³-hybridized carbons (Fsp3) is 0.533. The Labute approximate surface area is 123 Å². The van der Waals surface area contributed by atoms with E-state index in [4.69, 9.17) is 10.5 Å². The lowest BCUT2D eigenvalue weighted by molar-refractivity contribution is -0.128. The number of carbonyl (C=O) groups is 1. The molecule has 1 aromatic rings. The fourth-order valence-electron chi connectivity index (χ4n) is 1.86. The molecule has 1 aromatic carbocycles. The van der Waals surface area contributed by atoms with Crippen molar-refractivity contribution in [3.63, 3.8) is 0 Å². The van der Waals surface area contributed by atoms with Crippen molar-refractivity contribution in [2.75, 3.05) is 20.7 Å². The van der Waals surface area contributed by atoms with E-state index in [1.807, 2.05) is 0 Å². The van der Waals surface area contributed by atoms with Gasteiger partial charge in [0.25, 0.3) is 0 Å². The Morgan fingerprint density at radius 2 is 1.90 bits per heavy atom. The summed E-state index contributed by atoms with van der Waals surface area (Å²) < 4.78 is 32.7. The summed E-state index contributed by atoms with van der Waals surface area (Å²) in [6.07, 6.45) is 1.07. The predicted octanol–water partition coefficient (Wildman–Crippen LogP) is 2.10. The van der Waals surface area contributed by atoms with Gasteiger partial charge in [0.1, 0.15) is 0 Å². The van der Waals surface area contributed by atoms with E-state index in [2.05, 4.69) is 0 Å². The maximum atomic E-state index is 13.8. The molecule has 1 unspecified atom stereocenters. The Kier molecular flexibility index (Phi) is 6.55. The average Bonchev–Trinajstić information content (AvgIpc) is 2.35. The topological polar surface area (TPSA) is 55.6 Å². The molecule has 118 valence electrons. The molecule has 0 radical (unpaired) electrons. The summed E-state index contributed by atoms with van der Waals surface area (Å²) in [7, 11) is 3.30. The second kappa shape index (κ2) is 7.93. The zero-order valence-corrected chi connectivity index (χ0v) is 12.7. The second-order valence-electron chi connectivity index (χ2n) is 5.31. The van der Waals surface area contributed by atoms with E-state index in [9.17, 15) is 13.6 Å². The molecule has 0 fully saturated rings. The van der Waals surface area contributed by atoms with Crippen molar-refractivity contribution < 1.29 is 18.3 Å². The molecule has 0 bridgehead atoms. The number of benzene rings is 1. The first-order valence-corrected chi connectivity index (χ1v) is 6.87. The van der Waals surface area contributed by atoms with Crippen molar-refractivity contribution in [1.29, 1.82) is 0 Å². The monoisotopic (exact) mass is 300 g/mol. The molecule has 0 saturated heterocycles. The molecular formula is C15H22F2N2O2. The van der Waals surface area contributed by atoms with Crippen LogP contribution in [0.2, 0.25) is 0 Å².